The second-order valence-corrected chi connectivity index (χ2v) is 6.40. The summed E-state index contributed by atoms with van der Waals surface area (Å²) >= 11 is 14.4. The van der Waals surface area contributed by atoms with Crippen molar-refractivity contribution in [3.8, 4) is 0 Å². The molecular weight excluding hydrogens is 377 g/mol. The van der Waals surface area contributed by atoms with Crippen LogP contribution in [0.2, 0.25) is 4.34 Å². The molecular formula is C10H8Br2ClNOS. The Morgan fingerprint density at radius 2 is 2.25 bits per heavy atom. The van der Waals surface area contributed by atoms with E-state index in [1.165, 1.54) is 0 Å². The van der Waals surface area contributed by atoms with Crippen LogP contribution < -0.4 is 5.32 Å². The van der Waals surface area contributed by atoms with E-state index in [1.807, 2.05) is 19.2 Å². The molecule has 0 aromatic carbocycles. The molecule has 2 aromatic heterocycles. The number of nitrogens with one attached hydrogen (secondary N) is 1. The highest BCUT2D eigenvalue weighted by atomic mass is 79.9. The maximum Gasteiger partial charge on any atom is 0.174 e. The van der Waals surface area contributed by atoms with Gasteiger partial charge in [0.25, 0.3) is 0 Å². The molecule has 1 unspecified atom stereocenters. The first-order valence-electron chi connectivity index (χ1n) is 4.48. The maximum absolute atomic E-state index is 6.04. The van der Waals surface area contributed by atoms with Crippen LogP contribution in [-0.4, -0.2) is 7.05 Å². The van der Waals surface area contributed by atoms with Crippen molar-refractivity contribution < 1.29 is 4.42 Å². The quantitative estimate of drug-likeness (QED) is 0.819. The van der Waals surface area contributed by atoms with Crippen molar-refractivity contribution >= 4 is 54.8 Å². The Hall–Kier alpha value is 0.190. The second-order valence-electron chi connectivity index (χ2n) is 3.14. The summed E-state index contributed by atoms with van der Waals surface area (Å²) in [6.07, 6.45) is 1.66. The Kier molecular flexibility index (Phi) is 4.13. The lowest BCUT2D eigenvalue weighted by atomic mass is 10.1. The SMILES string of the molecule is CNC(c1cc(Br)c(Cl)s1)c1ccoc1Br. The molecule has 0 fully saturated rings. The predicted molar refractivity (Wildman–Crippen MR) is 74.3 cm³/mol. The van der Waals surface area contributed by atoms with E-state index in [0.29, 0.717) is 0 Å². The molecule has 2 rings (SSSR count). The summed E-state index contributed by atoms with van der Waals surface area (Å²) in [5.41, 5.74) is 1.06. The zero-order valence-corrected chi connectivity index (χ0v) is 13.0. The molecule has 0 saturated carbocycles. The Labute approximate surface area is 119 Å². The third kappa shape index (κ3) is 2.38. The standard InChI is InChI=1S/C10H8Br2ClNOS/c1-14-8(5-2-3-15-9(5)12)7-4-6(11)10(13)16-7/h2-4,8,14H,1H3. The van der Waals surface area contributed by atoms with Gasteiger partial charge in [-0.15, -0.1) is 11.3 Å². The van der Waals surface area contributed by atoms with Gasteiger partial charge in [-0.2, -0.15) is 0 Å². The second kappa shape index (κ2) is 5.23. The number of furan rings is 1. The molecule has 0 spiro atoms. The fourth-order valence-corrected chi connectivity index (χ4v) is 3.80. The van der Waals surface area contributed by atoms with Gasteiger partial charge >= 0.3 is 0 Å². The van der Waals surface area contributed by atoms with Gasteiger partial charge in [0.15, 0.2) is 4.67 Å². The van der Waals surface area contributed by atoms with Crippen LogP contribution in [0.15, 0.2) is 32.0 Å². The highest BCUT2D eigenvalue weighted by Gasteiger charge is 2.20. The fourth-order valence-electron chi connectivity index (χ4n) is 1.47. The van der Waals surface area contributed by atoms with Crippen LogP contribution in [-0.2, 0) is 0 Å². The van der Waals surface area contributed by atoms with E-state index in [9.17, 15) is 0 Å². The minimum Gasteiger partial charge on any atom is -0.457 e. The minimum atomic E-state index is 0.0851. The molecule has 0 saturated heterocycles. The highest BCUT2D eigenvalue weighted by Crippen LogP contribution is 2.39. The van der Waals surface area contributed by atoms with E-state index in [0.717, 1.165) is 23.9 Å². The van der Waals surface area contributed by atoms with Crippen molar-refractivity contribution in [2.45, 2.75) is 6.04 Å². The monoisotopic (exact) mass is 383 g/mol. The summed E-state index contributed by atoms with van der Waals surface area (Å²) in [5, 5.41) is 3.24. The highest BCUT2D eigenvalue weighted by molar-refractivity contribution is 9.10. The predicted octanol–water partition coefficient (Wildman–Crippen LogP) is 4.83. The van der Waals surface area contributed by atoms with Crippen LogP contribution in [0, 0.1) is 0 Å². The average molecular weight is 386 g/mol. The zero-order valence-electron chi connectivity index (χ0n) is 8.26. The zero-order chi connectivity index (χ0) is 11.7. The summed E-state index contributed by atoms with van der Waals surface area (Å²) in [5.74, 6) is 0. The lowest BCUT2D eigenvalue weighted by molar-refractivity contribution is 0.531. The Balaban J connectivity index is 2.40. The average Bonchev–Trinajstić information content (AvgIpc) is 2.78. The van der Waals surface area contributed by atoms with Crippen molar-refractivity contribution in [2.75, 3.05) is 7.05 Å². The molecule has 2 heterocycles. The largest absolute Gasteiger partial charge is 0.457 e. The maximum atomic E-state index is 6.04. The molecule has 2 aromatic rings. The van der Waals surface area contributed by atoms with Crippen LogP contribution in [0.5, 0.6) is 0 Å². The van der Waals surface area contributed by atoms with Gasteiger partial charge in [-0.1, -0.05) is 11.6 Å². The number of rotatable bonds is 3. The van der Waals surface area contributed by atoms with E-state index in [1.54, 1.807) is 17.6 Å². The Bertz CT molecular complexity index is 477. The third-order valence-corrected chi connectivity index (χ3v) is 5.38. The molecule has 0 bridgehead atoms. The van der Waals surface area contributed by atoms with E-state index in [2.05, 4.69) is 37.2 Å². The van der Waals surface area contributed by atoms with Crippen LogP contribution in [0.4, 0.5) is 0 Å². The van der Waals surface area contributed by atoms with Gasteiger partial charge in [0.1, 0.15) is 4.34 Å². The molecule has 0 radical (unpaired) electrons. The number of halogens is 3. The van der Waals surface area contributed by atoms with E-state index in [-0.39, 0.29) is 6.04 Å². The molecule has 86 valence electrons. The van der Waals surface area contributed by atoms with Crippen molar-refractivity contribution in [1.82, 2.24) is 5.32 Å². The summed E-state index contributed by atoms with van der Waals surface area (Å²) in [7, 11) is 1.91. The van der Waals surface area contributed by atoms with Gasteiger partial charge in [-0.3, -0.25) is 0 Å². The molecule has 0 aliphatic rings. The van der Waals surface area contributed by atoms with Gasteiger partial charge < -0.3 is 9.73 Å². The minimum absolute atomic E-state index is 0.0851. The van der Waals surface area contributed by atoms with Crippen molar-refractivity contribution in [3.05, 3.63) is 42.3 Å². The first-order chi connectivity index (χ1) is 7.63. The van der Waals surface area contributed by atoms with Crippen LogP contribution >= 0.6 is 54.8 Å². The van der Waals surface area contributed by atoms with Gasteiger partial charge in [0.05, 0.1) is 12.3 Å². The van der Waals surface area contributed by atoms with Gasteiger partial charge in [0, 0.05) is 14.9 Å². The molecule has 0 aliphatic heterocycles. The summed E-state index contributed by atoms with van der Waals surface area (Å²) in [4.78, 5) is 1.14. The van der Waals surface area contributed by atoms with E-state index >= 15 is 0 Å². The van der Waals surface area contributed by atoms with Crippen molar-refractivity contribution in [1.29, 1.82) is 0 Å². The first kappa shape index (κ1) is 12.6. The van der Waals surface area contributed by atoms with E-state index in [4.69, 9.17) is 16.0 Å². The molecule has 1 atom stereocenters. The van der Waals surface area contributed by atoms with Crippen LogP contribution in [0.25, 0.3) is 0 Å². The van der Waals surface area contributed by atoms with Crippen LogP contribution in [0.3, 0.4) is 0 Å². The smallest absolute Gasteiger partial charge is 0.174 e. The molecule has 1 N–H and O–H groups in total. The number of hydrogen-bond acceptors (Lipinski definition) is 3. The van der Waals surface area contributed by atoms with Gasteiger partial charge in [-0.05, 0) is 51.0 Å². The van der Waals surface area contributed by atoms with Gasteiger partial charge in [-0.25, -0.2) is 0 Å². The normalized spacial score (nSPS) is 13.0. The third-order valence-electron chi connectivity index (χ3n) is 2.19. The molecule has 16 heavy (non-hydrogen) atoms. The van der Waals surface area contributed by atoms with Crippen LogP contribution in [0.1, 0.15) is 16.5 Å². The molecule has 2 nitrogen and oxygen atoms in total. The lowest BCUT2D eigenvalue weighted by Gasteiger charge is -2.12. The van der Waals surface area contributed by atoms with Gasteiger partial charge in [0.2, 0.25) is 0 Å². The number of thiophene rings is 1. The fraction of sp³-hybridized carbons (Fsp3) is 0.200. The molecule has 6 heteroatoms. The summed E-state index contributed by atoms with van der Waals surface area (Å²) < 4.78 is 7.67. The lowest BCUT2D eigenvalue weighted by Crippen LogP contribution is -2.16. The molecule has 0 aliphatic carbocycles. The first-order valence-corrected chi connectivity index (χ1v) is 7.26. The van der Waals surface area contributed by atoms with Crippen molar-refractivity contribution in [2.24, 2.45) is 0 Å². The Morgan fingerprint density at radius 1 is 1.50 bits per heavy atom. The van der Waals surface area contributed by atoms with Crippen molar-refractivity contribution in [3.63, 3.8) is 0 Å². The molecule has 0 amide bonds. The topological polar surface area (TPSA) is 25.2 Å². The number of hydrogen-bond donors (Lipinski definition) is 1. The summed E-state index contributed by atoms with van der Waals surface area (Å²) in [6.45, 7) is 0. The Morgan fingerprint density at radius 3 is 2.69 bits per heavy atom. The van der Waals surface area contributed by atoms with E-state index < -0.39 is 0 Å². The summed E-state index contributed by atoms with van der Waals surface area (Å²) in [6, 6.07) is 4.04.